The topological polar surface area (TPSA) is 90.2 Å². The number of rotatable bonds is 2. The van der Waals surface area contributed by atoms with E-state index in [1.165, 1.54) is 6.08 Å². The first kappa shape index (κ1) is 14.4. The number of aliphatic hydroxyl groups excluding tert-OH is 4. The van der Waals surface area contributed by atoms with Gasteiger partial charge in [0.1, 0.15) is 35.6 Å². The monoisotopic (exact) mass is 284 g/mol. The Hall–Kier alpha value is -1.05. The molecule has 1 aliphatic rings. The van der Waals surface area contributed by atoms with Gasteiger partial charge in [-0.2, -0.15) is 0 Å². The Morgan fingerprint density at radius 3 is 2.32 bits per heavy atom. The lowest BCUT2D eigenvalue weighted by Crippen LogP contribution is -2.56. The first-order chi connectivity index (χ1) is 9.00. The Balaban J connectivity index is 2.19. The van der Waals surface area contributed by atoms with Crippen molar-refractivity contribution in [3.8, 4) is 0 Å². The Kier molecular flexibility index (Phi) is 4.49. The summed E-state index contributed by atoms with van der Waals surface area (Å²) in [6.07, 6.45) is -3.84. The number of hydrogen-bond acceptors (Lipinski definition) is 6. The zero-order valence-corrected chi connectivity index (χ0v) is 10.9. The average Bonchev–Trinajstić information content (AvgIpc) is 2.41. The number of hydrogen-bond donors (Lipinski definition) is 5. The van der Waals surface area contributed by atoms with Gasteiger partial charge in [0.15, 0.2) is 0 Å². The summed E-state index contributed by atoms with van der Waals surface area (Å²) in [5.41, 5.74) is -0.248. The molecule has 2 rings (SSSR count). The maximum Gasteiger partial charge on any atom is 0.144 e. The van der Waals surface area contributed by atoms with Crippen molar-refractivity contribution < 1.29 is 25.2 Å². The first-order valence-corrected chi connectivity index (χ1v) is 6.35. The predicted octanol–water partition coefficient (Wildman–Crippen LogP) is 0.323. The van der Waals surface area contributed by atoms with E-state index < -0.39 is 29.9 Å². The molecule has 0 amide bonds. The van der Waals surface area contributed by atoms with E-state index >= 15 is 0 Å². The van der Waals surface area contributed by atoms with Gasteiger partial charge in [0, 0.05) is 0 Å². The van der Waals surface area contributed by atoms with Crippen molar-refractivity contribution >= 4 is 18.7 Å². The molecule has 5 nitrogen and oxygen atoms in total. The highest BCUT2D eigenvalue weighted by molar-refractivity contribution is 7.80. The number of ether oxygens (including phenoxy) is 1. The molecule has 0 unspecified atom stereocenters. The van der Waals surface area contributed by atoms with Crippen LogP contribution in [0.2, 0.25) is 0 Å². The minimum atomic E-state index is -1.42. The lowest BCUT2D eigenvalue weighted by molar-refractivity contribution is -0.193. The van der Waals surface area contributed by atoms with Gasteiger partial charge in [-0.05, 0) is 11.6 Å². The van der Waals surface area contributed by atoms with E-state index in [1.54, 1.807) is 24.3 Å². The van der Waals surface area contributed by atoms with Gasteiger partial charge in [0.25, 0.3) is 0 Å². The van der Waals surface area contributed by atoms with Crippen LogP contribution in [0, 0.1) is 0 Å². The van der Waals surface area contributed by atoms with Crippen molar-refractivity contribution in [3.05, 3.63) is 41.7 Å². The maximum atomic E-state index is 9.97. The van der Waals surface area contributed by atoms with E-state index in [0.29, 0.717) is 0 Å². The van der Waals surface area contributed by atoms with Crippen LogP contribution in [-0.4, -0.2) is 50.3 Å². The molecule has 0 bridgehead atoms. The van der Waals surface area contributed by atoms with Crippen molar-refractivity contribution in [3.63, 3.8) is 0 Å². The summed E-state index contributed by atoms with van der Waals surface area (Å²) < 4.78 is 5.20. The number of thiol groups is 1. The molecule has 19 heavy (non-hydrogen) atoms. The zero-order valence-electron chi connectivity index (χ0n) is 10.00. The molecule has 0 radical (unpaired) electrons. The maximum absolute atomic E-state index is 9.97. The highest BCUT2D eigenvalue weighted by Crippen LogP contribution is 2.27. The van der Waals surface area contributed by atoms with Crippen molar-refractivity contribution in [2.24, 2.45) is 0 Å². The Morgan fingerprint density at radius 2 is 1.68 bits per heavy atom. The SMILES string of the molecule is OC(=Cc1ccccc1)[C@H]1O[C@@H](S)[C@H](O)[C@@H](O)[C@@H]1O. The van der Waals surface area contributed by atoms with E-state index in [9.17, 15) is 20.4 Å². The molecule has 1 fully saturated rings. The molecular weight excluding hydrogens is 268 g/mol. The van der Waals surface area contributed by atoms with Crippen molar-refractivity contribution in [1.82, 2.24) is 0 Å². The summed E-state index contributed by atoms with van der Waals surface area (Å²) in [7, 11) is 0. The summed E-state index contributed by atoms with van der Waals surface area (Å²) in [6.45, 7) is 0. The summed E-state index contributed by atoms with van der Waals surface area (Å²) in [5.74, 6) is -0.233. The van der Waals surface area contributed by atoms with Crippen LogP contribution in [0.15, 0.2) is 36.1 Å². The Bertz CT molecular complexity index is 450. The molecule has 0 spiro atoms. The highest BCUT2D eigenvalue weighted by Gasteiger charge is 2.43. The molecule has 6 heteroatoms. The molecule has 104 valence electrons. The second kappa shape index (κ2) is 5.94. The van der Waals surface area contributed by atoms with Gasteiger partial charge in [-0.1, -0.05) is 30.3 Å². The van der Waals surface area contributed by atoms with Crippen molar-refractivity contribution in [2.45, 2.75) is 29.9 Å². The van der Waals surface area contributed by atoms with Crippen LogP contribution in [-0.2, 0) is 4.74 Å². The van der Waals surface area contributed by atoms with Crippen LogP contribution in [0.1, 0.15) is 5.56 Å². The standard InChI is InChI=1S/C13H16O5S/c14-8(6-7-4-2-1-3-5-7)12-10(16)9(15)11(17)13(19)18-12/h1-6,9-17,19H/t9-,10-,11+,12+,13-/m0/s1. The van der Waals surface area contributed by atoms with Crippen LogP contribution in [0.25, 0.3) is 6.08 Å². The van der Waals surface area contributed by atoms with Gasteiger partial charge >= 0.3 is 0 Å². The molecule has 0 saturated carbocycles. The molecule has 5 atom stereocenters. The fourth-order valence-electron chi connectivity index (χ4n) is 1.91. The third-order valence-corrected chi connectivity index (χ3v) is 3.42. The van der Waals surface area contributed by atoms with Crippen LogP contribution < -0.4 is 0 Å². The molecule has 1 saturated heterocycles. The first-order valence-electron chi connectivity index (χ1n) is 5.84. The van der Waals surface area contributed by atoms with E-state index in [4.69, 9.17) is 4.74 Å². The second-order valence-corrected chi connectivity index (χ2v) is 4.91. The Morgan fingerprint density at radius 1 is 1.05 bits per heavy atom. The summed E-state index contributed by atoms with van der Waals surface area (Å²) >= 11 is 3.95. The van der Waals surface area contributed by atoms with E-state index in [-0.39, 0.29) is 5.76 Å². The van der Waals surface area contributed by atoms with Crippen LogP contribution in [0.3, 0.4) is 0 Å². The zero-order chi connectivity index (χ0) is 14.0. The lowest BCUT2D eigenvalue weighted by atomic mass is 9.98. The molecular formula is C13H16O5S. The minimum Gasteiger partial charge on any atom is -0.509 e. The normalized spacial score (nSPS) is 36.2. The van der Waals surface area contributed by atoms with E-state index in [0.717, 1.165) is 5.56 Å². The number of aliphatic hydroxyl groups is 4. The molecule has 0 aromatic heterocycles. The third kappa shape index (κ3) is 3.10. The van der Waals surface area contributed by atoms with Gasteiger partial charge in [-0.15, -0.1) is 12.6 Å². The molecule has 0 aliphatic carbocycles. The Labute approximate surface area is 116 Å². The summed E-state index contributed by atoms with van der Waals surface area (Å²) in [6, 6.07) is 8.99. The van der Waals surface area contributed by atoms with Crippen LogP contribution >= 0.6 is 12.6 Å². The quantitative estimate of drug-likeness (QED) is 0.399. The fourth-order valence-corrected chi connectivity index (χ4v) is 2.22. The lowest BCUT2D eigenvalue weighted by Gasteiger charge is -2.38. The van der Waals surface area contributed by atoms with Gasteiger partial charge < -0.3 is 25.2 Å². The largest absolute Gasteiger partial charge is 0.509 e. The average molecular weight is 284 g/mol. The van der Waals surface area contributed by atoms with Gasteiger partial charge in [0.05, 0.1) is 0 Å². The number of benzene rings is 1. The van der Waals surface area contributed by atoms with Crippen LogP contribution in [0.5, 0.6) is 0 Å². The van der Waals surface area contributed by atoms with Gasteiger partial charge in [-0.3, -0.25) is 0 Å². The van der Waals surface area contributed by atoms with Crippen molar-refractivity contribution in [2.75, 3.05) is 0 Å². The second-order valence-electron chi connectivity index (χ2n) is 4.40. The summed E-state index contributed by atoms with van der Waals surface area (Å²) in [4.78, 5) is 0. The molecule has 1 aliphatic heterocycles. The minimum absolute atomic E-state index is 0.233. The van der Waals surface area contributed by atoms with Gasteiger partial charge in [-0.25, -0.2) is 0 Å². The van der Waals surface area contributed by atoms with Crippen molar-refractivity contribution in [1.29, 1.82) is 0 Å². The molecule has 1 aromatic carbocycles. The third-order valence-electron chi connectivity index (χ3n) is 2.99. The molecule has 1 heterocycles. The fraction of sp³-hybridized carbons (Fsp3) is 0.385. The highest BCUT2D eigenvalue weighted by atomic mass is 32.1. The smallest absolute Gasteiger partial charge is 0.144 e. The van der Waals surface area contributed by atoms with E-state index in [2.05, 4.69) is 12.6 Å². The van der Waals surface area contributed by atoms with Crippen LogP contribution in [0.4, 0.5) is 0 Å². The van der Waals surface area contributed by atoms with Gasteiger partial charge in [0.2, 0.25) is 0 Å². The molecule has 1 aromatic rings. The summed E-state index contributed by atoms with van der Waals surface area (Å²) in [5, 5.41) is 38.9. The predicted molar refractivity (Wildman–Crippen MR) is 72.7 cm³/mol. The van der Waals surface area contributed by atoms with E-state index in [1.807, 2.05) is 6.07 Å². The molecule has 4 N–H and O–H groups in total.